The molecule has 0 amide bonds. The fourth-order valence-corrected chi connectivity index (χ4v) is 2.09. The molecule has 20 heavy (non-hydrogen) atoms. The maximum Gasteiger partial charge on any atom is 0.220 e. The Hall–Kier alpha value is -2.69. The summed E-state index contributed by atoms with van der Waals surface area (Å²) in [6.45, 7) is 2.09. The van der Waals surface area contributed by atoms with Gasteiger partial charge in [0.1, 0.15) is 0 Å². The molecule has 0 spiro atoms. The molecule has 1 aromatic carbocycles. The number of nitrogens with one attached hydrogen (secondary N) is 1. The Labute approximate surface area is 116 Å². The summed E-state index contributed by atoms with van der Waals surface area (Å²) < 4.78 is 0. The Morgan fingerprint density at radius 2 is 2.10 bits per heavy atom. The minimum Gasteiger partial charge on any atom is -0.378 e. The number of fused-ring (bicyclic) bond motifs is 1. The minimum atomic E-state index is 0.167. The molecule has 100 valence electrons. The van der Waals surface area contributed by atoms with Crippen LogP contribution < -0.4 is 11.1 Å². The van der Waals surface area contributed by atoms with E-state index in [1.165, 1.54) is 0 Å². The van der Waals surface area contributed by atoms with Crippen LogP contribution in [0.2, 0.25) is 0 Å². The number of nitrogens with zero attached hydrogens (tertiary/aromatic N) is 3. The van der Waals surface area contributed by atoms with Crippen molar-refractivity contribution < 1.29 is 0 Å². The number of rotatable bonds is 3. The van der Waals surface area contributed by atoms with Crippen LogP contribution in [0.1, 0.15) is 18.5 Å². The molecule has 3 rings (SSSR count). The van der Waals surface area contributed by atoms with Gasteiger partial charge in [0.2, 0.25) is 5.95 Å². The normalized spacial score (nSPS) is 12.2. The van der Waals surface area contributed by atoms with E-state index in [4.69, 9.17) is 5.73 Å². The van der Waals surface area contributed by atoms with Gasteiger partial charge in [-0.2, -0.15) is 0 Å². The van der Waals surface area contributed by atoms with Crippen LogP contribution in [0.25, 0.3) is 10.9 Å². The molecule has 1 unspecified atom stereocenters. The van der Waals surface area contributed by atoms with Gasteiger partial charge in [0.05, 0.1) is 11.6 Å². The zero-order valence-corrected chi connectivity index (χ0v) is 11.1. The van der Waals surface area contributed by atoms with Crippen molar-refractivity contribution in [1.29, 1.82) is 0 Å². The summed E-state index contributed by atoms with van der Waals surface area (Å²) in [6, 6.07) is 10.1. The SMILES string of the molecule is CC(Nc1ccc2cnc(N)nc2c1)c1cccnc1. The van der Waals surface area contributed by atoms with Crippen LogP contribution in [-0.4, -0.2) is 15.0 Å². The molecule has 0 saturated heterocycles. The highest BCUT2D eigenvalue weighted by atomic mass is 15.0. The summed E-state index contributed by atoms with van der Waals surface area (Å²) in [7, 11) is 0. The third kappa shape index (κ3) is 2.51. The molecule has 3 N–H and O–H groups in total. The molecular formula is C15H15N5. The van der Waals surface area contributed by atoms with Crippen LogP contribution in [0.5, 0.6) is 0 Å². The van der Waals surface area contributed by atoms with Crippen LogP contribution in [0.15, 0.2) is 48.9 Å². The van der Waals surface area contributed by atoms with Gasteiger partial charge in [-0.1, -0.05) is 6.07 Å². The molecule has 1 atom stereocenters. The summed E-state index contributed by atoms with van der Waals surface area (Å²) in [6.07, 6.45) is 5.36. The fourth-order valence-electron chi connectivity index (χ4n) is 2.09. The molecule has 0 saturated carbocycles. The van der Waals surface area contributed by atoms with E-state index >= 15 is 0 Å². The lowest BCUT2D eigenvalue weighted by molar-refractivity contribution is 0.876. The third-order valence-corrected chi connectivity index (χ3v) is 3.17. The van der Waals surface area contributed by atoms with Crippen molar-refractivity contribution in [3.63, 3.8) is 0 Å². The molecule has 2 aromatic heterocycles. The van der Waals surface area contributed by atoms with Crippen molar-refractivity contribution in [2.75, 3.05) is 11.1 Å². The largest absolute Gasteiger partial charge is 0.378 e. The first-order valence-electron chi connectivity index (χ1n) is 6.41. The zero-order valence-electron chi connectivity index (χ0n) is 11.1. The molecule has 3 aromatic rings. The Kier molecular flexibility index (Phi) is 3.16. The Bertz CT molecular complexity index is 727. The van der Waals surface area contributed by atoms with E-state index < -0.39 is 0 Å². The second kappa shape index (κ2) is 5.13. The third-order valence-electron chi connectivity index (χ3n) is 3.17. The van der Waals surface area contributed by atoms with Crippen molar-refractivity contribution >= 4 is 22.5 Å². The number of benzene rings is 1. The summed E-state index contributed by atoms with van der Waals surface area (Å²) in [5, 5.41) is 4.40. The average Bonchev–Trinajstić information content (AvgIpc) is 2.47. The van der Waals surface area contributed by atoms with Gasteiger partial charge in [-0.3, -0.25) is 4.98 Å². The van der Waals surface area contributed by atoms with E-state index in [0.29, 0.717) is 0 Å². The lowest BCUT2D eigenvalue weighted by Gasteiger charge is -2.15. The highest BCUT2D eigenvalue weighted by molar-refractivity contribution is 5.82. The monoisotopic (exact) mass is 265 g/mol. The second-order valence-electron chi connectivity index (χ2n) is 4.65. The summed E-state index contributed by atoms with van der Waals surface area (Å²) in [4.78, 5) is 12.3. The van der Waals surface area contributed by atoms with Gasteiger partial charge in [0.15, 0.2) is 0 Å². The van der Waals surface area contributed by atoms with Gasteiger partial charge in [-0.25, -0.2) is 9.97 Å². The minimum absolute atomic E-state index is 0.167. The quantitative estimate of drug-likeness (QED) is 0.761. The van der Waals surface area contributed by atoms with E-state index in [1.807, 2.05) is 36.5 Å². The topological polar surface area (TPSA) is 76.7 Å². The lowest BCUT2D eigenvalue weighted by Crippen LogP contribution is -2.06. The zero-order chi connectivity index (χ0) is 13.9. The van der Waals surface area contributed by atoms with Gasteiger partial charge in [-0.15, -0.1) is 0 Å². The molecule has 0 bridgehead atoms. The molecule has 0 aliphatic carbocycles. The van der Waals surface area contributed by atoms with Crippen LogP contribution in [-0.2, 0) is 0 Å². The van der Waals surface area contributed by atoms with Crippen LogP contribution in [0, 0.1) is 0 Å². The number of aromatic nitrogens is 3. The number of hydrogen-bond donors (Lipinski definition) is 2. The van der Waals surface area contributed by atoms with Gasteiger partial charge >= 0.3 is 0 Å². The van der Waals surface area contributed by atoms with Crippen LogP contribution in [0.4, 0.5) is 11.6 Å². The van der Waals surface area contributed by atoms with Gasteiger partial charge < -0.3 is 11.1 Å². The lowest BCUT2D eigenvalue weighted by atomic mass is 10.1. The number of anilines is 2. The van der Waals surface area contributed by atoms with Gasteiger partial charge in [0, 0.05) is 29.7 Å². The molecule has 0 fully saturated rings. The Morgan fingerprint density at radius 3 is 2.90 bits per heavy atom. The van der Waals surface area contributed by atoms with E-state index in [9.17, 15) is 0 Å². The predicted octanol–water partition coefficient (Wildman–Crippen LogP) is 2.78. The van der Waals surface area contributed by atoms with Crippen molar-refractivity contribution in [2.24, 2.45) is 0 Å². The molecule has 5 heteroatoms. The van der Waals surface area contributed by atoms with E-state index in [2.05, 4.69) is 27.2 Å². The highest BCUT2D eigenvalue weighted by Crippen LogP contribution is 2.22. The van der Waals surface area contributed by atoms with Crippen LogP contribution in [0.3, 0.4) is 0 Å². The first kappa shape index (κ1) is 12.3. The average molecular weight is 265 g/mol. The molecule has 2 heterocycles. The Balaban J connectivity index is 1.87. The van der Waals surface area contributed by atoms with E-state index in [1.54, 1.807) is 12.4 Å². The number of nitrogens with two attached hydrogens (primary N) is 1. The Morgan fingerprint density at radius 1 is 1.20 bits per heavy atom. The molecule has 0 aliphatic rings. The molecule has 0 radical (unpaired) electrons. The van der Waals surface area contributed by atoms with Crippen molar-refractivity contribution in [3.05, 3.63) is 54.5 Å². The van der Waals surface area contributed by atoms with Crippen molar-refractivity contribution in [2.45, 2.75) is 13.0 Å². The summed E-state index contributed by atoms with van der Waals surface area (Å²) in [5.41, 5.74) is 8.58. The van der Waals surface area contributed by atoms with E-state index in [0.717, 1.165) is 22.2 Å². The molecular weight excluding hydrogens is 250 g/mol. The highest BCUT2D eigenvalue weighted by Gasteiger charge is 2.06. The predicted molar refractivity (Wildman–Crippen MR) is 80.2 cm³/mol. The van der Waals surface area contributed by atoms with Crippen molar-refractivity contribution in [1.82, 2.24) is 15.0 Å². The van der Waals surface area contributed by atoms with E-state index in [-0.39, 0.29) is 12.0 Å². The molecule has 0 aliphatic heterocycles. The second-order valence-corrected chi connectivity index (χ2v) is 4.65. The standard InChI is InChI=1S/C15H15N5/c1-10(11-3-2-6-17-8-11)19-13-5-4-12-9-18-15(16)20-14(12)7-13/h2-10,19H,1H3,(H2,16,18,20). The number of hydrogen-bond acceptors (Lipinski definition) is 5. The maximum absolute atomic E-state index is 5.62. The molecule has 5 nitrogen and oxygen atoms in total. The first-order valence-corrected chi connectivity index (χ1v) is 6.41. The number of nitrogen functional groups attached to an aromatic ring is 1. The van der Waals surface area contributed by atoms with Gasteiger partial charge in [0.25, 0.3) is 0 Å². The summed E-state index contributed by atoms with van der Waals surface area (Å²) >= 11 is 0. The van der Waals surface area contributed by atoms with Gasteiger partial charge in [-0.05, 0) is 36.8 Å². The smallest absolute Gasteiger partial charge is 0.220 e. The number of pyridine rings is 1. The maximum atomic E-state index is 5.62. The van der Waals surface area contributed by atoms with Crippen molar-refractivity contribution in [3.8, 4) is 0 Å². The fraction of sp³-hybridized carbons (Fsp3) is 0.133. The summed E-state index contributed by atoms with van der Waals surface area (Å²) in [5.74, 6) is 0.287. The first-order chi connectivity index (χ1) is 9.72. The van der Waals surface area contributed by atoms with Crippen LogP contribution >= 0.6 is 0 Å².